The molecule has 0 spiro atoms. The van der Waals surface area contributed by atoms with Crippen LogP contribution in [0.15, 0.2) is 18.2 Å². The molecule has 0 aromatic heterocycles. The minimum absolute atomic E-state index is 0.485. The Bertz CT molecular complexity index is 890. The molecule has 1 saturated carbocycles. The summed E-state index contributed by atoms with van der Waals surface area (Å²) in [5.74, 6) is -2.60. The molecule has 0 amide bonds. The maximum absolute atomic E-state index is 12.9. The van der Waals surface area contributed by atoms with Crippen molar-refractivity contribution in [3.63, 3.8) is 0 Å². The zero-order valence-corrected chi connectivity index (χ0v) is 15.2. The van der Waals surface area contributed by atoms with E-state index in [9.17, 15) is 29.4 Å². The van der Waals surface area contributed by atoms with Crippen LogP contribution < -0.4 is 8.37 Å². The largest absolute Gasteiger partial charge is 0.488 e. The highest BCUT2D eigenvalue weighted by Gasteiger charge is 2.32. The van der Waals surface area contributed by atoms with Crippen LogP contribution >= 0.6 is 0 Å². The number of hydrogen-bond donors (Lipinski definition) is 0. The Morgan fingerprint density at radius 3 is 2.12 bits per heavy atom. The summed E-state index contributed by atoms with van der Waals surface area (Å²) in [5, 5.41) is 0. The molecule has 1 fully saturated rings. The van der Waals surface area contributed by atoms with Gasteiger partial charge in [-0.2, -0.15) is 16.8 Å². The quantitative estimate of drug-likeness (QED) is 0.516. The lowest BCUT2D eigenvalue weighted by molar-refractivity contribution is -0.0270. The monoisotopic (exact) mass is 414 g/mol. The predicted octanol–water partition coefficient (Wildman–Crippen LogP) is 2.75. The second-order valence-electron chi connectivity index (χ2n) is 6.01. The summed E-state index contributed by atoms with van der Waals surface area (Å²) in [5.41, 5.74) is -1.26. The van der Waals surface area contributed by atoms with Gasteiger partial charge >= 0.3 is 27.0 Å². The van der Waals surface area contributed by atoms with Crippen LogP contribution in [-0.4, -0.2) is 28.4 Å². The highest BCUT2D eigenvalue weighted by atomic mass is 32.3. The smallest absolute Gasteiger partial charge is 0.456 e. The van der Waals surface area contributed by atoms with Crippen molar-refractivity contribution in [3.8, 4) is 11.5 Å². The molecule has 146 valence electrons. The minimum atomic E-state index is -5.55. The lowest BCUT2D eigenvalue weighted by Gasteiger charge is -2.33. The molecular formula is C14H16F2O8S2. The van der Waals surface area contributed by atoms with Crippen molar-refractivity contribution in [1.29, 1.82) is 0 Å². The molecule has 0 heterocycles. The van der Waals surface area contributed by atoms with Gasteiger partial charge in [0, 0.05) is 6.07 Å². The van der Waals surface area contributed by atoms with Gasteiger partial charge in [-0.15, -0.1) is 0 Å². The summed E-state index contributed by atoms with van der Waals surface area (Å²) in [6, 6.07) is 2.30. The van der Waals surface area contributed by atoms with Gasteiger partial charge in [-0.3, -0.25) is 0 Å². The average Bonchev–Trinajstić information content (AvgIpc) is 2.44. The van der Waals surface area contributed by atoms with Gasteiger partial charge in [0.2, 0.25) is 0 Å². The second-order valence-corrected chi connectivity index (χ2v) is 7.92. The minimum Gasteiger partial charge on any atom is -0.456 e. The summed E-state index contributed by atoms with van der Waals surface area (Å²) < 4.78 is 81.3. The molecule has 0 unspecified atom stereocenters. The van der Waals surface area contributed by atoms with E-state index in [4.69, 9.17) is 4.74 Å². The van der Waals surface area contributed by atoms with Gasteiger partial charge in [-0.25, -0.2) is 4.79 Å². The van der Waals surface area contributed by atoms with Crippen molar-refractivity contribution in [2.75, 3.05) is 0 Å². The Balaban J connectivity index is 2.34. The molecule has 0 radical (unpaired) electrons. The number of ether oxygens (including phenoxy) is 1. The van der Waals surface area contributed by atoms with E-state index in [0.717, 1.165) is 31.4 Å². The fraction of sp³-hybridized carbons (Fsp3) is 0.500. The van der Waals surface area contributed by atoms with E-state index in [1.165, 1.54) is 0 Å². The zero-order valence-electron chi connectivity index (χ0n) is 13.6. The molecule has 1 aromatic carbocycles. The lowest BCUT2D eigenvalue weighted by atomic mass is 9.86. The van der Waals surface area contributed by atoms with Crippen molar-refractivity contribution in [2.24, 2.45) is 0 Å². The fourth-order valence-corrected chi connectivity index (χ4v) is 3.38. The Kier molecular flexibility index (Phi) is 5.76. The summed E-state index contributed by atoms with van der Waals surface area (Å²) in [6.45, 7) is 1.71. The van der Waals surface area contributed by atoms with Crippen molar-refractivity contribution in [2.45, 2.75) is 44.6 Å². The van der Waals surface area contributed by atoms with E-state index in [-0.39, 0.29) is 0 Å². The number of carbonyl (C=O) groups excluding carboxylic acids is 1. The van der Waals surface area contributed by atoms with E-state index in [0.29, 0.717) is 18.9 Å². The van der Waals surface area contributed by atoms with Crippen LogP contribution in [0.4, 0.5) is 7.77 Å². The third-order valence-electron chi connectivity index (χ3n) is 3.81. The molecule has 0 atom stereocenters. The molecule has 0 N–H and O–H groups in total. The standard InChI is InChI=1S/C14H16F2O8S2/c1-14(7-3-2-4-8-14)22-13(17)11-6-5-10(23-25(15,18)19)9-12(11)24-26(16,20)21/h5-6,9H,2-4,7-8H2,1H3. The van der Waals surface area contributed by atoms with Crippen LogP contribution in [0.25, 0.3) is 0 Å². The van der Waals surface area contributed by atoms with Gasteiger partial charge in [-0.1, -0.05) is 14.2 Å². The SMILES string of the molecule is CC1(OC(=O)c2ccc(OS(=O)(=O)F)cc2OS(=O)(=O)F)CCCCC1. The maximum Gasteiger partial charge on any atom is 0.488 e. The predicted molar refractivity (Wildman–Crippen MR) is 84.7 cm³/mol. The molecule has 1 aromatic rings. The number of rotatable bonds is 6. The van der Waals surface area contributed by atoms with Crippen molar-refractivity contribution < 1.29 is 42.5 Å². The molecule has 0 saturated heterocycles. The normalized spacial score (nSPS) is 17.3. The Morgan fingerprint density at radius 2 is 1.58 bits per heavy atom. The van der Waals surface area contributed by atoms with Crippen molar-refractivity contribution in [3.05, 3.63) is 23.8 Å². The molecule has 2 rings (SSSR count). The molecule has 1 aliphatic carbocycles. The van der Waals surface area contributed by atoms with Crippen LogP contribution in [0.5, 0.6) is 11.5 Å². The first-order valence-electron chi connectivity index (χ1n) is 7.52. The highest BCUT2D eigenvalue weighted by molar-refractivity contribution is 7.82. The second kappa shape index (κ2) is 7.35. The first kappa shape index (κ1) is 20.4. The number of hydrogen-bond acceptors (Lipinski definition) is 8. The fourth-order valence-electron chi connectivity index (χ4n) is 2.69. The van der Waals surface area contributed by atoms with E-state index in [2.05, 4.69) is 8.37 Å². The first-order valence-corrected chi connectivity index (χ1v) is 10.1. The molecule has 0 aliphatic heterocycles. The van der Waals surface area contributed by atoms with Gasteiger partial charge in [0.1, 0.15) is 16.9 Å². The van der Waals surface area contributed by atoms with E-state index in [1.54, 1.807) is 6.92 Å². The van der Waals surface area contributed by atoms with Gasteiger partial charge < -0.3 is 13.1 Å². The molecular weight excluding hydrogens is 398 g/mol. The number of halogens is 2. The molecule has 1 aliphatic rings. The Labute approximate surface area is 149 Å². The maximum atomic E-state index is 12.9. The Morgan fingerprint density at radius 1 is 1.00 bits per heavy atom. The van der Waals surface area contributed by atoms with Crippen LogP contribution in [0.1, 0.15) is 49.4 Å². The van der Waals surface area contributed by atoms with Crippen LogP contribution in [0.3, 0.4) is 0 Å². The van der Waals surface area contributed by atoms with E-state index in [1.807, 2.05) is 0 Å². The summed E-state index contributed by atoms with van der Waals surface area (Å²) in [6.07, 6.45) is 3.86. The Hall–Kier alpha value is -1.95. The summed E-state index contributed by atoms with van der Waals surface area (Å²) >= 11 is 0. The molecule has 0 bridgehead atoms. The lowest BCUT2D eigenvalue weighted by Crippen LogP contribution is -2.34. The van der Waals surface area contributed by atoms with E-state index < -0.39 is 49.6 Å². The van der Waals surface area contributed by atoms with Crippen molar-refractivity contribution >= 4 is 27.0 Å². The molecule has 8 nitrogen and oxygen atoms in total. The van der Waals surface area contributed by atoms with E-state index >= 15 is 0 Å². The number of carbonyl (C=O) groups is 1. The topological polar surface area (TPSA) is 113 Å². The summed E-state index contributed by atoms with van der Waals surface area (Å²) in [7, 11) is -11.0. The number of esters is 1. The van der Waals surface area contributed by atoms with Crippen LogP contribution in [0, 0.1) is 0 Å². The third-order valence-corrected chi connectivity index (χ3v) is 4.58. The number of benzene rings is 1. The molecule has 12 heteroatoms. The summed E-state index contributed by atoms with van der Waals surface area (Å²) in [4.78, 5) is 12.4. The highest BCUT2D eigenvalue weighted by Crippen LogP contribution is 2.34. The van der Waals surface area contributed by atoms with Crippen molar-refractivity contribution in [1.82, 2.24) is 0 Å². The first-order chi connectivity index (χ1) is 11.9. The van der Waals surface area contributed by atoms with Gasteiger partial charge in [0.25, 0.3) is 0 Å². The third kappa shape index (κ3) is 6.09. The molecule has 26 heavy (non-hydrogen) atoms. The van der Waals surface area contributed by atoms with Gasteiger partial charge in [0.15, 0.2) is 5.75 Å². The van der Waals surface area contributed by atoms with Gasteiger partial charge in [0.05, 0.1) is 0 Å². The van der Waals surface area contributed by atoms with Crippen LogP contribution in [0.2, 0.25) is 0 Å². The van der Waals surface area contributed by atoms with Crippen LogP contribution in [-0.2, 0) is 25.7 Å². The zero-order chi connectivity index (χ0) is 19.6. The average molecular weight is 414 g/mol. The van der Waals surface area contributed by atoms with Gasteiger partial charge in [-0.05, 0) is 44.7 Å².